The largest absolute Gasteiger partial charge is 0.534 e. The molecular weight excluding hydrogens is 606 g/mol. The highest BCUT2D eigenvalue weighted by Crippen LogP contribution is 2.34. The van der Waals surface area contributed by atoms with Gasteiger partial charge in [0.2, 0.25) is 0 Å². The fraction of sp³-hybridized carbons (Fsp3) is 0.500. The molecule has 1 atom stereocenters. The van der Waals surface area contributed by atoms with E-state index in [0.717, 1.165) is 49.6 Å². The van der Waals surface area contributed by atoms with E-state index in [0.29, 0.717) is 35.0 Å². The van der Waals surface area contributed by atoms with Gasteiger partial charge in [0.05, 0.1) is 5.69 Å². The molecule has 3 rings (SSSR count). The van der Waals surface area contributed by atoms with E-state index in [4.69, 9.17) is 20.0 Å². The van der Waals surface area contributed by atoms with Gasteiger partial charge in [0.15, 0.2) is 0 Å². The number of unbranched alkanes of at least 4 members (excludes halogenated alkanes) is 2. The molecule has 3 amide bonds. The highest BCUT2D eigenvalue weighted by atomic mass is 33.1. The van der Waals surface area contributed by atoms with Gasteiger partial charge in [-0.3, -0.25) is 14.4 Å². The molecule has 240 valence electrons. The third kappa shape index (κ3) is 11.5. The average molecular weight is 648 g/mol. The van der Waals surface area contributed by atoms with Gasteiger partial charge in [-0.05, 0) is 86.4 Å². The molecule has 0 bridgehead atoms. The molecule has 0 aliphatic carbocycles. The van der Waals surface area contributed by atoms with Crippen LogP contribution in [0.4, 0.5) is 15.3 Å². The SMILES string of the molecule is CCN(C)CCCN(C)C(=O)Oc1ccc(C(CCCCCSSc2ncccc2N)OC(=O)ON2C(=O)CCC2=O)cc1. The molecule has 2 heterocycles. The summed E-state index contributed by atoms with van der Waals surface area (Å²) in [6, 6.07) is 10.3. The number of nitrogens with two attached hydrogens (primary N) is 1. The van der Waals surface area contributed by atoms with Crippen molar-refractivity contribution < 1.29 is 33.5 Å². The highest BCUT2D eigenvalue weighted by Gasteiger charge is 2.34. The molecule has 0 radical (unpaired) electrons. The summed E-state index contributed by atoms with van der Waals surface area (Å²) in [5, 5.41) is 1.25. The number of aromatic nitrogens is 1. The number of hydrogen-bond donors (Lipinski definition) is 1. The predicted octanol–water partition coefficient (Wildman–Crippen LogP) is 5.70. The number of nitrogens with zero attached hydrogens (tertiary/aromatic N) is 4. The van der Waals surface area contributed by atoms with Gasteiger partial charge in [0.25, 0.3) is 11.8 Å². The van der Waals surface area contributed by atoms with Crippen LogP contribution in [-0.2, 0) is 19.2 Å². The molecule has 2 N–H and O–H groups in total. The van der Waals surface area contributed by atoms with E-state index in [1.54, 1.807) is 54.4 Å². The minimum Gasteiger partial charge on any atom is -0.425 e. The van der Waals surface area contributed by atoms with Gasteiger partial charge in [0.1, 0.15) is 16.9 Å². The number of benzene rings is 1. The topological polar surface area (TPSA) is 145 Å². The van der Waals surface area contributed by atoms with Crippen molar-refractivity contribution in [1.29, 1.82) is 0 Å². The van der Waals surface area contributed by atoms with Gasteiger partial charge in [-0.15, -0.1) is 0 Å². The third-order valence-electron chi connectivity index (χ3n) is 6.88. The van der Waals surface area contributed by atoms with Crippen molar-refractivity contribution in [3.05, 3.63) is 48.2 Å². The van der Waals surface area contributed by atoms with Gasteiger partial charge < -0.3 is 25.0 Å². The van der Waals surface area contributed by atoms with Crippen molar-refractivity contribution in [2.45, 2.75) is 63.0 Å². The third-order valence-corrected chi connectivity index (χ3v) is 9.28. The zero-order valence-electron chi connectivity index (χ0n) is 25.4. The summed E-state index contributed by atoms with van der Waals surface area (Å²) in [4.78, 5) is 61.7. The van der Waals surface area contributed by atoms with Crippen LogP contribution in [0.15, 0.2) is 47.6 Å². The van der Waals surface area contributed by atoms with Crippen LogP contribution in [0.3, 0.4) is 0 Å². The fourth-order valence-corrected chi connectivity index (χ4v) is 6.30. The Morgan fingerprint density at radius 3 is 2.43 bits per heavy atom. The second kappa shape index (κ2) is 18.3. The second-order valence-corrected chi connectivity index (χ2v) is 12.7. The second-order valence-electron chi connectivity index (χ2n) is 10.3. The van der Waals surface area contributed by atoms with Crippen LogP contribution in [0.5, 0.6) is 5.75 Å². The summed E-state index contributed by atoms with van der Waals surface area (Å²) >= 11 is 0. The van der Waals surface area contributed by atoms with Crippen molar-refractivity contribution in [2.75, 3.05) is 45.2 Å². The molecule has 1 aliphatic heterocycles. The first-order valence-corrected chi connectivity index (χ1v) is 17.0. The number of hydrogen-bond acceptors (Lipinski definition) is 12. The Balaban J connectivity index is 1.53. The molecule has 1 unspecified atom stereocenters. The van der Waals surface area contributed by atoms with Crippen molar-refractivity contribution in [2.24, 2.45) is 0 Å². The Hall–Kier alpha value is -3.49. The standard InChI is InChI=1S/C30H41N5O7S2/c1-4-33(2)19-9-20-34(3)29(38)40-23-14-12-22(13-15-23)25(41-30(39)42-35-26(36)16-17-27(35)37)11-6-5-7-21-43-44-28-24(31)10-8-18-32-28/h8,10,12-15,18,25H,4-7,9,11,16-17,19-21,31H2,1-3H3. The van der Waals surface area contributed by atoms with Crippen molar-refractivity contribution >= 4 is 51.3 Å². The summed E-state index contributed by atoms with van der Waals surface area (Å²) in [6.45, 7) is 4.47. The van der Waals surface area contributed by atoms with Crippen LogP contribution in [0.2, 0.25) is 0 Å². The van der Waals surface area contributed by atoms with E-state index in [9.17, 15) is 19.2 Å². The van der Waals surface area contributed by atoms with Gasteiger partial charge in [-0.1, -0.05) is 41.3 Å². The summed E-state index contributed by atoms with van der Waals surface area (Å²) < 4.78 is 11.1. The lowest BCUT2D eigenvalue weighted by atomic mass is 10.0. The lowest BCUT2D eigenvalue weighted by molar-refractivity contribution is -0.178. The monoisotopic (exact) mass is 647 g/mol. The minimum absolute atomic E-state index is 0.00999. The van der Waals surface area contributed by atoms with Crippen LogP contribution < -0.4 is 10.5 Å². The van der Waals surface area contributed by atoms with Crippen LogP contribution >= 0.6 is 21.6 Å². The molecule has 44 heavy (non-hydrogen) atoms. The summed E-state index contributed by atoms with van der Waals surface area (Å²) in [6.07, 6.45) is 3.25. The zero-order valence-corrected chi connectivity index (χ0v) is 27.1. The quantitative estimate of drug-likeness (QED) is 0.0974. The number of rotatable bonds is 17. The molecule has 1 saturated heterocycles. The summed E-state index contributed by atoms with van der Waals surface area (Å²) in [5.74, 6) is 0.0747. The van der Waals surface area contributed by atoms with Gasteiger partial charge >= 0.3 is 12.2 Å². The van der Waals surface area contributed by atoms with Crippen LogP contribution in [0.25, 0.3) is 0 Å². The number of pyridine rings is 1. The molecule has 2 aromatic rings. The van der Waals surface area contributed by atoms with E-state index >= 15 is 0 Å². The maximum atomic E-state index is 12.6. The molecule has 0 spiro atoms. The first-order valence-electron chi connectivity index (χ1n) is 14.6. The van der Waals surface area contributed by atoms with Crippen molar-refractivity contribution in [3.8, 4) is 5.75 Å². The summed E-state index contributed by atoms with van der Waals surface area (Å²) in [7, 11) is 6.93. The number of carbonyl (C=O) groups is 4. The molecule has 0 saturated carbocycles. The van der Waals surface area contributed by atoms with Crippen molar-refractivity contribution in [1.82, 2.24) is 19.8 Å². The molecule has 1 aromatic heterocycles. The van der Waals surface area contributed by atoms with E-state index in [2.05, 4.69) is 16.8 Å². The van der Waals surface area contributed by atoms with Gasteiger partial charge in [-0.25, -0.2) is 14.6 Å². The molecule has 12 nitrogen and oxygen atoms in total. The van der Waals surface area contributed by atoms with E-state index in [1.165, 1.54) is 15.7 Å². The molecular formula is C30H41N5O7S2. The first-order chi connectivity index (χ1) is 21.2. The average Bonchev–Trinajstić information content (AvgIpc) is 3.33. The Bertz CT molecular complexity index is 1230. The van der Waals surface area contributed by atoms with Crippen LogP contribution in [0.1, 0.15) is 63.5 Å². The number of imide groups is 1. The van der Waals surface area contributed by atoms with Crippen LogP contribution in [0, 0.1) is 0 Å². The van der Waals surface area contributed by atoms with E-state index in [1.807, 2.05) is 13.1 Å². The minimum atomic E-state index is -1.13. The van der Waals surface area contributed by atoms with Gasteiger partial charge in [-0.2, -0.15) is 0 Å². The molecule has 1 fully saturated rings. The first kappa shape index (κ1) is 35.0. The molecule has 1 aromatic carbocycles. The maximum Gasteiger partial charge on any atom is 0.534 e. The Labute approximate surface area is 266 Å². The maximum absolute atomic E-state index is 12.6. The number of ether oxygens (including phenoxy) is 2. The Morgan fingerprint density at radius 1 is 1.02 bits per heavy atom. The smallest absolute Gasteiger partial charge is 0.425 e. The number of hydroxylamine groups is 2. The lowest BCUT2D eigenvalue weighted by Crippen LogP contribution is -2.32. The normalized spacial score (nSPS) is 13.7. The van der Waals surface area contributed by atoms with E-state index < -0.39 is 30.2 Å². The fourth-order valence-electron chi connectivity index (χ4n) is 4.16. The van der Waals surface area contributed by atoms with E-state index in [-0.39, 0.29) is 12.8 Å². The Morgan fingerprint density at radius 2 is 1.75 bits per heavy atom. The predicted molar refractivity (Wildman–Crippen MR) is 170 cm³/mol. The number of amides is 3. The van der Waals surface area contributed by atoms with Crippen LogP contribution in [-0.4, -0.2) is 83.4 Å². The highest BCUT2D eigenvalue weighted by molar-refractivity contribution is 8.76. The van der Waals surface area contributed by atoms with Crippen molar-refractivity contribution in [3.63, 3.8) is 0 Å². The zero-order chi connectivity index (χ0) is 31.9. The summed E-state index contributed by atoms with van der Waals surface area (Å²) in [5.41, 5.74) is 7.25. The molecule has 14 heteroatoms. The molecule has 1 aliphatic rings. The lowest BCUT2D eigenvalue weighted by Gasteiger charge is -2.21. The number of anilines is 1. The number of carbonyl (C=O) groups excluding carboxylic acids is 4. The van der Waals surface area contributed by atoms with Gasteiger partial charge in [0, 0.05) is 38.4 Å². The number of nitrogen functional groups attached to an aromatic ring is 1. The Kier molecular flexibility index (Phi) is 14.6.